The van der Waals surface area contributed by atoms with Crippen LogP contribution >= 0.6 is 11.3 Å². The van der Waals surface area contributed by atoms with Crippen molar-refractivity contribution in [1.29, 1.82) is 0 Å². The molecular weight excluding hydrogens is 288 g/mol. The van der Waals surface area contributed by atoms with E-state index in [4.69, 9.17) is 9.47 Å². The van der Waals surface area contributed by atoms with Gasteiger partial charge >= 0.3 is 0 Å². The van der Waals surface area contributed by atoms with Crippen molar-refractivity contribution in [1.82, 2.24) is 9.88 Å². The van der Waals surface area contributed by atoms with Gasteiger partial charge in [0, 0.05) is 31.5 Å². The molecular formula is C15H16N2O3S. The van der Waals surface area contributed by atoms with Crippen LogP contribution in [0.4, 0.5) is 0 Å². The van der Waals surface area contributed by atoms with E-state index >= 15 is 0 Å². The quantitative estimate of drug-likeness (QED) is 0.811. The number of ether oxygens (including phenoxy) is 2. The van der Waals surface area contributed by atoms with Gasteiger partial charge in [0.1, 0.15) is 0 Å². The lowest BCUT2D eigenvalue weighted by Crippen LogP contribution is -2.47. The topological polar surface area (TPSA) is 51.7 Å². The summed E-state index contributed by atoms with van der Waals surface area (Å²) >= 11 is 1.56. The van der Waals surface area contributed by atoms with Crippen LogP contribution in [0.2, 0.25) is 0 Å². The Kier molecular flexibility index (Phi) is 3.17. The molecule has 0 radical (unpaired) electrons. The molecule has 4 rings (SSSR count). The molecule has 3 heterocycles. The molecule has 2 aliphatic heterocycles. The van der Waals surface area contributed by atoms with Crippen molar-refractivity contribution in [3.8, 4) is 0 Å². The number of likely N-dealkylation sites (tertiary alicyclic amines) is 1. The van der Waals surface area contributed by atoms with Gasteiger partial charge in [-0.3, -0.25) is 4.79 Å². The number of fused-ring (bicyclic) bond motifs is 1. The molecule has 0 atom stereocenters. The molecule has 6 heteroatoms. The van der Waals surface area contributed by atoms with Crippen LogP contribution in [0.25, 0.3) is 10.2 Å². The minimum atomic E-state index is -0.432. The van der Waals surface area contributed by atoms with Gasteiger partial charge in [0.2, 0.25) is 0 Å². The molecule has 2 aliphatic rings. The third-order valence-corrected chi connectivity index (χ3v) is 5.00. The van der Waals surface area contributed by atoms with E-state index in [9.17, 15) is 4.79 Å². The van der Waals surface area contributed by atoms with Gasteiger partial charge in [0.15, 0.2) is 5.79 Å². The average molecular weight is 304 g/mol. The third kappa shape index (κ3) is 2.33. The molecule has 0 bridgehead atoms. The van der Waals surface area contributed by atoms with Gasteiger partial charge in [0.05, 0.1) is 28.9 Å². The SMILES string of the molecule is O=C(c1ccc2ncsc2c1)N1CCC2(CC1)OCCO2. The number of aromatic nitrogens is 1. The van der Waals surface area contributed by atoms with Crippen LogP contribution in [-0.4, -0.2) is 47.9 Å². The monoisotopic (exact) mass is 304 g/mol. The summed E-state index contributed by atoms with van der Waals surface area (Å²) in [5.41, 5.74) is 3.48. The van der Waals surface area contributed by atoms with Gasteiger partial charge in [-0.2, -0.15) is 0 Å². The molecule has 110 valence electrons. The molecule has 21 heavy (non-hydrogen) atoms. The number of nitrogens with zero attached hydrogens (tertiary/aromatic N) is 2. The van der Waals surface area contributed by atoms with E-state index < -0.39 is 5.79 Å². The highest BCUT2D eigenvalue weighted by Crippen LogP contribution is 2.32. The minimum absolute atomic E-state index is 0.0816. The summed E-state index contributed by atoms with van der Waals surface area (Å²) < 4.78 is 12.4. The predicted molar refractivity (Wildman–Crippen MR) is 79.4 cm³/mol. The second-order valence-corrected chi connectivity index (χ2v) is 6.32. The smallest absolute Gasteiger partial charge is 0.253 e. The normalized spacial score (nSPS) is 21.2. The molecule has 0 saturated carbocycles. The Labute approximate surface area is 126 Å². The van der Waals surface area contributed by atoms with Gasteiger partial charge in [-0.25, -0.2) is 4.98 Å². The molecule has 2 saturated heterocycles. The molecule has 1 aromatic heterocycles. The zero-order chi connectivity index (χ0) is 14.3. The number of carbonyl (C=O) groups is 1. The molecule has 0 aliphatic carbocycles. The summed E-state index contributed by atoms with van der Waals surface area (Å²) in [6.45, 7) is 2.69. The summed E-state index contributed by atoms with van der Waals surface area (Å²) in [5.74, 6) is -0.351. The summed E-state index contributed by atoms with van der Waals surface area (Å²) in [4.78, 5) is 18.7. The van der Waals surface area contributed by atoms with Crippen LogP contribution in [0.5, 0.6) is 0 Å². The van der Waals surface area contributed by atoms with Crippen LogP contribution in [0.15, 0.2) is 23.7 Å². The van der Waals surface area contributed by atoms with E-state index in [1.54, 1.807) is 16.8 Å². The van der Waals surface area contributed by atoms with Crippen LogP contribution in [0, 0.1) is 0 Å². The Balaban J connectivity index is 1.50. The Bertz CT molecular complexity index is 668. The number of amides is 1. The van der Waals surface area contributed by atoms with E-state index in [-0.39, 0.29) is 5.91 Å². The summed E-state index contributed by atoms with van der Waals surface area (Å²) in [5, 5.41) is 0. The first-order valence-corrected chi connectivity index (χ1v) is 8.04. The lowest BCUT2D eigenvalue weighted by molar-refractivity contribution is -0.181. The highest BCUT2D eigenvalue weighted by molar-refractivity contribution is 7.16. The number of benzene rings is 1. The highest BCUT2D eigenvalue weighted by atomic mass is 32.1. The van der Waals surface area contributed by atoms with Crippen LogP contribution in [0.3, 0.4) is 0 Å². The molecule has 2 fully saturated rings. The number of hydrogen-bond acceptors (Lipinski definition) is 5. The Morgan fingerprint density at radius 3 is 2.76 bits per heavy atom. The average Bonchev–Trinajstić information content (AvgIpc) is 3.16. The van der Waals surface area contributed by atoms with Crippen molar-refractivity contribution in [3.63, 3.8) is 0 Å². The lowest BCUT2D eigenvalue weighted by Gasteiger charge is -2.37. The Morgan fingerprint density at radius 2 is 2.00 bits per heavy atom. The van der Waals surface area contributed by atoms with Crippen molar-refractivity contribution in [3.05, 3.63) is 29.3 Å². The van der Waals surface area contributed by atoms with Crippen molar-refractivity contribution in [2.45, 2.75) is 18.6 Å². The first-order valence-electron chi connectivity index (χ1n) is 7.16. The fourth-order valence-corrected chi connectivity index (χ4v) is 3.72. The minimum Gasteiger partial charge on any atom is -0.347 e. The maximum Gasteiger partial charge on any atom is 0.253 e. The zero-order valence-electron chi connectivity index (χ0n) is 11.6. The van der Waals surface area contributed by atoms with Gasteiger partial charge in [-0.05, 0) is 18.2 Å². The van der Waals surface area contributed by atoms with E-state index in [1.807, 2.05) is 23.1 Å². The standard InChI is InChI=1S/C15H16N2O3S/c18-14(11-1-2-12-13(9-11)21-10-16-12)17-5-3-15(4-6-17)19-7-8-20-15/h1-2,9-10H,3-8H2. The number of thiazole rings is 1. The summed E-state index contributed by atoms with van der Waals surface area (Å²) in [6, 6.07) is 5.70. The predicted octanol–water partition coefficient (Wildman–Crippen LogP) is 2.28. The molecule has 0 unspecified atom stereocenters. The van der Waals surface area contributed by atoms with Gasteiger partial charge in [0.25, 0.3) is 5.91 Å². The molecule has 1 spiro atoms. The maximum atomic E-state index is 12.6. The molecule has 1 amide bonds. The molecule has 2 aromatic rings. The summed E-state index contributed by atoms with van der Waals surface area (Å²) in [6.07, 6.45) is 1.50. The Morgan fingerprint density at radius 1 is 1.24 bits per heavy atom. The third-order valence-electron chi connectivity index (χ3n) is 4.20. The number of carbonyl (C=O) groups excluding carboxylic acids is 1. The van der Waals surface area contributed by atoms with Gasteiger partial charge < -0.3 is 14.4 Å². The largest absolute Gasteiger partial charge is 0.347 e. The fourth-order valence-electron chi connectivity index (χ4n) is 3.01. The van der Waals surface area contributed by atoms with E-state index in [2.05, 4.69) is 4.98 Å². The van der Waals surface area contributed by atoms with Crippen molar-refractivity contribution < 1.29 is 14.3 Å². The van der Waals surface area contributed by atoms with E-state index in [0.29, 0.717) is 26.3 Å². The fraction of sp³-hybridized carbons (Fsp3) is 0.467. The zero-order valence-corrected chi connectivity index (χ0v) is 12.4. The van der Waals surface area contributed by atoms with Gasteiger partial charge in [-0.1, -0.05) is 0 Å². The second-order valence-electron chi connectivity index (χ2n) is 5.43. The molecule has 0 N–H and O–H groups in total. The first-order chi connectivity index (χ1) is 10.3. The number of rotatable bonds is 1. The van der Waals surface area contributed by atoms with E-state index in [1.165, 1.54) is 0 Å². The number of piperidine rings is 1. The second kappa shape index (κ2) is 5.05. The van der Waals surface area contributed by atoms with Crippen molar-refractivity contribution in [2.24, 2.45) is 0 Å². The maximum absolute atomic E-state index is 12.6. The van der Waals surface area contributed by atoms with Crippen LogP contribution in [0.1, 0.15) is 23.2 Å². The summed E-state index contributed by atoms with van der Waals surface area (Å²) in [7, 11) is 0. The lowest BCUT2D eigenvalue weighted by atomic mass is 10.0. The van der Waals surface area contributed by atoms with Gasteiger partial charge in [-0.15, -0.1) is 11.3 Å². The van der Waals surface area contributed by atoms with Crippen molar-refractivity contribution >= 4 is 27.5 Å². The van der Waals surface area contributed by atoms with Crippen molar-refractivity contribution in [2.75, 3.05) is 26.3 Å². The van der Waals surface area contributed by atoms with Crippen LogP contribution in [-0.2, 0) is 9.47 Å². The molecule has 5 nitrogen and oxygen atoms in total. The highest BCUT2D eigenvalue weighted by Gasteiger charge is 2.40. The van der Waals surface area contributed by atoms with Crippen LogP contribution < -0.4 is 0 Å². The number of hydrogen-bond donors (Lipinski definition) is 0. The van der Waals surface area contributed by atoms with E-state index in [0.717, 1.165) is 28.6 Å². The Hall–Kier alpha value is -1.50. The molecule has 1 aromatic carbocycles. The first kappa shape index (κ1) is 13.2.